The first-order valence-electron chi connectivity index (χ1n) is 13.5. The van der Waals surface area contributed by atoms with Crippen LogP contribution in [0, 0.1) is 5.82 Å². The van der Waals surface area contributed by atoms with E-state index >= 15 is 0 Å². The van der Waals surface area contributed by atoms with Crippen molar-refractivity contribution in [1.82, 2.24) is 18.7 Å². The number of aryl methyl sites for hydroxylation is 1. The van der Waals surface area contributed by atoms with Crippen molar-refractivity contribution in [3.8, 4) is 17.5 Å². The summed E-state index contributed by atoms with van der Waals surface area (Å²) in [6.07, 6.45) is 1.64. The molecule has 0 aliphatic carbocycles. The van der Waals surface area contributed by atoms with Gasteiger partial charge in [-0.15, -0.1) is 0 Å². The van der Waals surface area contributed by atoms with Gasteiger partial charge >= 0.3 is 11.7 Å². The molecule has 234 valence electrons. The largest absolute Gasteiger partial charge is 0.493 e. The molecular weight excluding hydrogens is 676 g/mol. The van der Waals surface area contributed by atoms with Crippen LogP contribution < -0.4 is 25.6 Å². The van der Waals surface area contributed by atoms with Crippen molar-refractivity contribution in [3.63, 3.8) is 0 Å². The summed E-state index contributed by atoms with van der Waals surface area (Å²) >= 11 is 19.1. The first kappa shape index (κ1) is 31.5. The van der Waals surface area contributed by atoms with E-state index in [-0.39, 0.29) is 39.7 Å². The number of ether oxygens (including phenoxy) is 2. The van der Waals surface area contributed by atoms with Crippen LogP contribution in [0.1, 0.15) is 11.1 Å². The summed E-state index contributed by atoms with van der Waals surface area (Å²) in [5, 5.41) is 0.812. The molecule has 0 bridgehead atoms. The number of thiocarbonyl (C=S) groups is 1. The van der Waals surface area contributed by atoms with Crippen LogP contribution in [-0.4, -0.2) is 36.0 Å². The Balaban J connectivity index is 1.38. The first-order chi connectivity index (χ1) is 22.0. The lowest BCUT2D eigenvalue weighted by Gasteiger charge is -2.14. The second-order valence-electron chi connectivity index (χ2n) is 10.1. The number of carbonyl (C=O) groups is 1. The number of fused-ring (bicyclic) bond motifs is 1. The molecule has 0 radical (unpaired) electrons. The second kappa shape index (κ2) is 12.4. The maximum atomic E-state index is 13.8. The highest BCUT2D eigenvalue weighted by Gasteiger charge is 2.33. The maximum Gasteiger partial charge on any atom is 0.332 e. The van der Waals surface area contributed by atoms with Crippen LogP contribution in [0.5, 0.6) is 17.5 Å². The molecule has 1 aliphatic heterocycles. The third kappa shape index (κ3) is 5.71. The predicted octanol–water partition coefficient (Wildman–Crippen LogP) is 6.13. The Morgan fingerprint density at radius 2 is 1.78 bits per heavy atom. The van der Waals surface area contributed by atoms with Gasteiger partial charge in [-0.05, 0) is 59.7 Å². The molecule has 0 saturated carbocycles. The van der Waals surface area contributed by atoms with E-state index in [9.17, 15) is 18.8 Å². The average Bonchev–Trinajstić information content (AvgIpc) is 3.52. The number of halogens is 3. The number of nitrogens with zero attached hydrogens (tertiary/aromatic N) is 5. The highest BCUT2D eigenvalue weighted by Crippen LogP contribution is 2.38. The zero-order valence-electron chi connectivity index (χ0n) is 24.3. The molecule has 3 heterocycles. The fourth-order valence-corrected chi connectivity index (χ4v) is 6.65. The summed E-state index contributed by atoms with van der Waals surface area (Å²) in [5.41, 5.74) is 0.685. The van der Waals surface area contributed by atoms with Crippen molar-refractivity contribution in [2.75, 3.05) is 12.0 Å². The van der Waals surface area contributed by atoms with Crippen LogP contribution >= 0.6 is 47.2 Å². The highest BCUT2D eigenvalue weighted by molar-refractivity contribution is 8.27. The van der Waals surface area contributed by atoms with Gasteiger partial charge in [0.1, 0.15) is 5.82 Å². The number of methoxy groups -OCH3 is 1. The Labute approximate surface area is 280 Å². The van der Waals surface area contributed by atoms with Crippen molar-refractivity contribution in [2.45, 2.75) is 6.54 Å². The molecule has 0 unspecified atom stereocenters. The van der Waals surface area contributed by atoms with Gasteiger partial charge in [-0.1, -0.05) is 65.4 Å². The molecule has 1 fully saturated rings. The lowest BCUT2D eigenvalue weighted by Crippen LogP contribution is -2.37. The van der Waals surface area contributed by atoms with Crippen molar-refractivity contribution < 1.29 is 18.7 Å². The van der Waals surface area contributed by atoms with E-state index in [4.69, 9.17) is 44.9 Å². The Bertz CT molecular complexity index is 2250. The van der Waals surface area contributed by atoms with Gasteiger partial charge in [0.25, 0.3) is 11.5 Å². The minimum absolute atomic E-state index is 0.00123. The van der Waals surface area contributed by atoms with Crippen LogP contribution in [0.25, 0.3) is 17.2 Å². The molecule has 0 atom stereocenters. The zero-order valence-corrected chi connectivity index (χ0v) is 27.4. The fraction of sp³-hybridized carbons (Fsp3) is 0.129. The van der Waals surface area contributed by atoms with Crippen LogP contribution in [0.4, 0.5) is 10.1 Å². The molecule has 1 saturated heterocycles. The fourth-order valence-electron chi connectivity index (χ4n) is 4.88. The highest BCUT2D eigenvalue weighted by atomic mass is 35.5. The smallest absolute Gasteiger partial charge is 0.332 e. The Hall–Kier alpha value is -4.43. The standard InChI is InChI=1S/C31H22Cl2FN5O5S2/c1-36-26-25(28(41)37(2)30(36)42)38(15-17-8-9-18(32)13-21(17)33)29(35-26)44-22-10-7-16(11-23(22)43-3)12-24-27(40)39(31(45)46-24)20-6-4-5-19(34)14-20/h4-14H,15H2,1-3H3/b24-12+. The summed E-state index contributed by atoms with van der Waals surface area (Å²) < 4.78 is 29.7. The topological polar surface area (TPSA) is 101 Å². The second-order valence-corrected chi connectivity index (χ2v) is 12.6. The Morgan fingerprint density at radius 3 is 2.50 bits per heavy atom. The maximum absolute atomic E-state index is 13.8. The predicted molar refractivity (Wildman–Crippen MR) is 181 cm³/mol. The molecule has 46 heavy (non-hydrogen) atoms. The molecule has 5 aromatic rings. The number of amides is 1. The first-order valence-corrected chi connectivity index (χ1v) is 15.4. The zero-order chi connectivity index (χ0) is 32.9. The van der Waals surface area contributed by atoms with Crippen molar-refractivity contribution in [3.05, 3.63) is 113 Å². The minimum atomic E-state index is -0.566. The normalized spacial score (nSPS) is 14.1. The van der Waals surface area contributed by atoms with Gasteiger partial charge in [-0.2, -0.15) is 4.98 Å². The Kier molecular flexibility index (Phi) is 8.51. The summed E-state index contributed by atoms with van der Waals surface area (Å²) in [5.74, 6) is -0.336. The Morgan fingerprint density at radius 1 is 1.00 bits per heavy atom. The van der Waals surface area contributed by atoms with Crippen molar-refractivity contribution in [1.29, 1.82) is 0 Å². The van der Waals surface area contributed by atoms with E-state index in [0.717, 1.165) is 16.3 Å². The number of imidazole rings is 1. The van der Waals surface area contributed by atoms with Crippen molar-refractivity contribution in [2.24, 2.45) is 14.1 Å². The third-order valence-electron chi connectivity index (χ3n) is 7.20. The summed E-state index contributed by atoms with van der Waals surface area (Å²) in [7, 11) is 4.34. The van der Waals surface area contributed by atoms with Crippen LogP contribution in [0.15, 0.2) is 75.2 Å². The molecule has 0 spiro atoms. The van der Waals surface area contributed by atoms with Crippen molar-refractivity contribution >= 4 is 80.3 Å². The van der Waals surface area contributed by atoms with Gasteiger partial charge in [0.2, 0.25) is 0 Å². The van der Waals surface area contributed by atoms with E-state index in [1.54, 1.807) is 48.5 Å². The van der Waals surface area contributed by atoms with Gasteiger partial charge in [-0.3, -0.25) is 28.2 Å². The monoisotopic (exact) mass is 697 g/mol. The van der Waals surface area contributed by atoms with Gasteiger partial charge in [-0.25, -0.2) is 9.18 Å². The van der Waals surface area contributed by atoms with E-state index in [2.05, 4.69) is 4.98 Å². The summed E-state index contributed by atoms with van der Waals surface area (Å²) in [6.45, 7) is 0.0723. The number of thioether (sulfide) groups is 1. The van der Waals surface area contributed by atoms with Gasteiger partial charge in [0, 0.05) is 24.1 Å². The van der Waals surface area contributed by atoms with Crippen LogP contribution in [0.2, 0.25) is 10.0 Å². The quantitative estimate of drug-likeness (QED) is 0.148. The third-order valence-corrected chi connectivity index (χ3v) is 9.09. The molecule has 2 aromatic heterocycles. The molecule has 15 heteroatoms. The van der Waals surface area contributed by atoms with Gasteiger partial charge in [0.05, 0.1) is 24.2 Å². The number of anilines is 1. The molecule has 3 aromatic carbocycles. The molecule has 0 N–H and O–H groups in total. The van der Waals surface area contributed by atoms with E-state index in [0.29, 0.717) is 37.5 Å². The summed E-state index contributed by atoms with van der Waals surface area (Å²) in [6, 6.07) is 15.6. The number of hydrogen-bond donors (Lipinski definition) is 0. The van der Waals surface area contributed by atoms with Gasteiger partial charge in [0.15, 0.2) is 27.0 Å². The lowest BCUT2D eigenvalue weighted by atomic mass is 10.2. The molecular formula is C31H22Cl2FN5O5S2. The number of rotatable bonds is 7. The minimum Gasteiger partial charge on any atom is -0.493 e. The van der Waals surface area contributed by atoms with E-state index in [1.165, 1.54) is 53.4 Å². The molecule has 1 aliphatic rings. The van der Waals surface area contributed by atoms with Crippen LogP contribution in [0.3, 0.4) is 0 Å². The lowest BCUT2D eigenvalue weighted by molar-refractivity contribution is -0.113. The van der Waals surface area contributed by atoms with E-state index < -0.39 is 17.1 Å². The number of aromatic nitrogens is 4. The van der Waals surface area contributed by atoms with Gasteiger partial charge < -0.3 is 9.47 Å². The molecule has 10 nitrogen and oxygen atoms in total. The number of benzene rings is 3. The number of hydrogen-bond acceptors (Lipinski definition) is 8. The van der Waals surface area contributed by atoms with Crippen LogP contribution in [-0.2, 0) is 25.4 Å². The SMILES string of the molecule is COc1cc(/C=C2/SC(=S)N(c3cccc(F)c3)C2=O)ccc1Oc1nc2c(c(=O)n(C)c(=O)n2C)n1Cc1ccc(Cl)cc1Cl. The molecule has 1 amide bonds. The summed E-state index contributed by atoms with van der Waals surface area (Å²) in [4.78, 5) is 45.3. The molecule has 6 rings (SSSR count). The number of carbonyl (C=O) groups excluding carboxylic acids is 1. The van der Waals surface area contributed by atoms with E-state index in [1.807, 2.05) is 0 Å². The average molecular weight is 699 g/mol.